The van der Waals surface area contributed by atoms with Gasteiger partial charge in [-0.15, -0.1) is 0 Å². The van der Waals surface area contributed by atoms with E-state index in [0.717, 1.165) is 18.7 Å². The summed E-state index contributed by atoms with van der Waals surface area (Å²) >= 11 is 6.10. The fourth-order valence-electron chi connectivity index (χ4n) is 2.49. The summed E-state index contributed by atoms with van der Waals surface area (Å²) in [4.78, 5) is 1.60. The van der Waals surface area contributed by atoms with E-state index < -0.39 is 10.0 Å². The molecule has 0 amide bonds. The molecule has 1 fully saturated rings. The Kier molecular flexibility index (Phi) is 6.33. The van der Waals surface area contributed by atoms with Crippen molar-refractivity contribution in [1.82, 2.24) is 9.62 Å². The second-order valence-corrected chi connectivity index (χ2v) is 8.28. The predicted octanol–water partition coefficient (Wildman–Crippen LogP) is 2.63. The highest BCUT2D eigenvalue weighted by Crippen LogP contribution is 2.26. The summed E-state index contributed by atoms with van der Waals surface area (Å²) in [5, 5.41) is 12.3. The van der Waals surface area contributed by atoms with Gasteiger partial charge in [0.05, 0.1) is 5.02 Å². The van der Waals surface area contributed by atoms with Crippen molar-refractivity contribution in [3.05, 3.63) is 23.2 Å². The summed E-state index contributed by atoms with van der Waals surface area (Å²) in [6, 6.07) is 4.65. The third kappa shape index (κ3) is 4.76. The number of nitrogens with zero attached hydrogens (tertiary/aromatic N) is 2. The number of benzene rings is 1. The molecule has 1 aliphatic heterocycles. The number of nitriles is 1. The van der Waals surface area contributed by atoms with Crippen LogP contribution in [0.4, 0.5) is 5.69 Å². The number of sulfonamides is 1. The maximum Gasteiger partial charge on any atom is 0.242 e. The first-order valence-electron chi connectivity index (χ1n) is 8.06. The van der Waals surface area contributed by atoms with Crippen molar-refractivity contribution in [1.29, 1.82) is 5.26 Å². The molecule has 1 heterocycles. The Hall–Kier alpha value is -1.49. The topological polar surface area (TPSA) is 85.2 Å². The molecule has 0 bridgehead atoms. The minimum Gasteiger partial charge on any atom is -0.385 e. The third-order valence-corrected chi connectivity index (χ3v) is 6.23. The molecule has 1 unspecified atom stereocenters. The van der Waals surface area contributed by atoms with E-state index in [-0.39, 0.29) is 16.0 Å². The van der Waals surface area contributed by atoms with E-state index in [0.29, 0.717) is 25.4 Å². The minimum atomic E-state index is -3.73. The van der Waals surface area contributed by atoms with E-state index in [9.17, 15) is 8.42 Å². The standard InChI is InChI=1S/C16H23ClN4O2S/c1-3-12(2)9-19-13-4-5-15(17)16(8-13)24(22,23)20-14-6-7-21(10-14)11-18/h4-5,8,12,14,19-20H,3,6-7,9-10H2,1-2H3/t12?,14-/m1/s1. The summed E-state index contributed by atoms with van der Waals surface area (Å²) in [6.45, 7) is 5.96. The van der Waals surface area contributed by atoms with Crippen molar-refractivity contribution in [2.75, 3.05) is 25.0 Å². The lowest BCUT2D eigenvalue weighted by Gasteiger charge is -2.16. The largest absolute Gasteiger partial charge is 0.385 e. The molecule has 2 N–H and O–H groups in total. The van der Waals surface area contributed by atoms with Gasteiger partial charge in [-0.2, -0.15) is 5.26 Å². The first-order chi connectivity index (χ1) is 11.4. The average Bonchev–Trinajstić information content (AvgIpc) is 3.00. The lowest BCUT2D eigenvalue weighted by atomic mass is 10.1. The molecule has 0 radical (unpaired) electrons. The quantitative estimate of drug-likeness (QED) is 0.720. The SMILES string of the molecule is CCC(C)CNc1ccc(Cl)c(S(=O)(=O)N[C@@H]2CCN(C#N)C2)c1. The van der Waals surface area contributed by atoms with Gasteiger partial charge in [-0.25, -0.2) is 13.1 Å². The summed E-state index contributed by atoms with van der Waals surface area (Å²) in [6.07, 6.45) is 3.69. The van der Waals surface area contributed by atoms with Gasteiger partial charge in [-0.1, -0.05) is 31.9 Å². The molecule has 2 rings (SSSR count). The van der Waals surface area contributed by atoms with E-state index in [1.807, 2.05) is 6.19 Å². The molecular formula is C16H23ClN4O2S. The highest BCUT2D eigenvalue weighted by molar-refractivity contribution is 7.89. The van der Waals surface area contributed by atoms with Crippen LogP contribution in [0.15, 0.2) is 23.1 Å². The van der Waals surface area contributed by atoms with E-state index in [4.69, 9.17) is 16.9 Å². The Morgan fingerprint density at radius 1 is 1.50 bits per heavy atom. The molecule has 1 saturated heterocycles. The van der Waals surface area contributed by atoms with Crippen LogP contribution in [0.3, 0.4) is 0 Å². The summed E-state index contributed by atoms with van der Waals surface area (Å²) < 4.78 is 27.9. The highest BCUT2D eigenvalue weighted by Gasteiger charge is 2.28. The lowest BCUT2D eigenvalue weighted by Crippen LogP contribution is -2.36. The van der Waals surface area contributed by atoms with Crippen molar-refractivity contribution < 1.29 is 8.42 Å². The van der Waals surface area contributed by atoms with Crippen molar-refractivity contribution in [2.24, 2.45) is 5.92 Å². The van der Waals surface area contributed by atoms with Gasteiger partial charge in [0.1, 0.15) is 4.90 Å². The van der Waals surface area contributed by atoms with Gasteiger partial charge in [0.15, 0.2) is 6.19 Å². The zero-order valence-electron chi connectivity index (χ0n) is 13.9. The van der Waals surface area contributed by atoms with Crippen molar-refractivity contribution in [3.8, 4) is 6.19 Å². The van der Waals surface area contributed by atoms with Crippen molar-refractivity contribution >= 4 is 27.3 Å². The molecule has 1 aromatic rings. The number of hydrogen-bond acceptors (Lipinski definition) is 5. The van der Waals surface area contributed by atoms with E-state index in [1.54, 1.807) is 23.1 Å². The van der Waals surface area contributed by atoms with E-state index in [2.05, 4.69) is 23.9 Å². The van der Waals surface area contributed by atoms with Crippen LogP contribution in [-0.2, 0) is 10.0 Å². The third-order valence-electron chi connectivity index (χ3n) is 4.22. The average molecular weight is 371 g/mol. The molecule has 6 nitrogen and oxygen atoms in total. The van der Waals surface area contributed by atoms with Crippen LogP contribution in [0, 0.1) is 17.4 Å². The lowest BCUT2D eigenvalue weighted by molar-refractivity contribution is 0.470. The number of likely N-dealkylation sites (tertiary alicyclic amines) is 1. The van der Waals surface area contributed by atoms with Gasteiger partial charge in [0.2, 0.25) is 10.0 Å². The van der Waals surface area contributed by atoms with Gasteiger partial charge >= 0.3 is 0 Å². The number of hydrogen-bond donors (Lipinski definition) is 2. The molecule has 1 aromatic carbocycles. The Bertz CT molecular complexity index is 717. The summed E-state index contributed by atoms with van der Waals surface area (Å²) in [5.74, 6) is 0.495. The van der Waals surface area contributed by atoms with Crippen LogP contribution in [0.2, 0.25) is 5.02 Å². The van der Waals surface area contributed by atoms with Crippen LogP contribution in [0.1, 0.15) is 26.7 Å². The number of nitrogens with one attached hydrogen (secondary N) is 2. The van der Waals surface area contributed by atoms with Gasteiger partial charge in [0, 0.05) is 31.4 Å². The van der Waals surface area contributed by atoms with E-state index in [1.165, 1.54) is 0 Å². The Morgan fingerprint density at radius 3 is 2.88 bits per heavy atom. The number of rotatable bonds is 7. The molecule has 0 aliphatic carbocycles. The molecule has 0 spiro atoms. The Labute approximate surface area is 148 Å². The molecule has 132 valence electrons. The van der Waals surface area contributed by atoms with Gasteiger partial charge < -0.3 is 10.2 Å². The monoisotopic (exact) mass is 370 g/mol. The highest BCUT2D eigenvalue weighted by atomic mass is 35.5. The molecule has 1 aliphatic rings. The molecule has 2 atom stereocenters. The predicted molar refractivity (Wildman–Crippen MR) is 95.3 cm³/mol. The van der Waals surface area contributed by atoms with Crippen LogP contribution in [-0.4, -0.2) is 39.0 Å². The maximum absolute atomic E-state index is 12.6. The van der Waals surface area contributed by atoms with E-state index >= 15 is 0 Å². The fraction of sp³-hybridized carbons (Fsp3) is 0.562. The fourth-order valence-corrected chi connectivity index (χ4v) is 4.27. The van der Waals surface area contributed by atoms with Crippen LogP contribution < -0.4 is 10.0 Å². The van der Waals surface area contributed by atoms with Crippen molar-refractivity contribution in [2.45, 2.75) is 37.6 Å². The second kappa shape index (κ2) is 8.06. The normalized spacial score (nSPS) is 19.1. The Balaban J connectivity index is 2.12. The van der Waals surface area contributed by atoms with Crippen LogP contribution in [0.25, 0.3) is 0 Å². The zero-order chi connectivity index (χ0) is 17.7. The first kappa shape index (κ1) is 18.8. The first-order valence-corrected chi connectivity index (χ1v) is 9.92. The van der Waals surface area contributed by atoms with Crippen LogP contribution >= 0.6 is 11.6 Å². The molecule has 0 saturated carbocycles. The zero-order valence-corrected chi connectivity index (χ0v) is 15.5. The number of anilines is 1. The molecule has 8 heteroatoms. The summed E-state index contributed by atoms with van der Waals surface area (Å²) in [7, 11) is -3.73. The van der Waals surface area contributed by atoms with Gasteiger partial charge in [0.25, 0.3) is 0 Å². The maximum atomic E-state index is 12.6. The number of halogens is 1. The molecule has 0 aromatic heterocycles. The molecular weight excluding hydrogens is 348 g/mol. The second-order valence-electron chi connectivity index (χ2n) is 6.19. The van der Waals surface area contributed by atoms with Gasteiger partial charge in [-0.05, 0) is 30.5 Å². The Morgan fingerprint density at radius 2 is 2.25 bits per heavy atom. The molecule has 24 heavy (non-hydrogen) atoms. The smallest absolute Gasteiger partial charge is 0.242 e. The van der Waals surface area contributed by atoms with Gasteiger partial charge in [-0.3, -0.25) is 0 Å². The van der Waals surface area contributed by atoms with Crippen molar-refractivity contribution in [3.63, 3.8) is 0 Å². The minimum absolute atomic E-state index is 0.0636. The summed E-state index contributed by atoms with van der Waals surface area (Å²) in [5.41, 5.74) is 0.727. The van der Waals surface area contributed by atoms with Crippen LogP contribution in [0.5, 0.6) is 0 Å².